The third kappa shape index (κ3) is 1.11. The average molecular weight is 147 g/mol. The number of rotatable bonds is 1. The van der Waals surface area contributed by atoms with Crippen molar-refractivity contribution in [3.05, 3.63) is 0 Å². The van der Waals surface area contributed by atoms with Crippen molar-refractivity contribution in [2.75, 3.05) is 13.7 Å². The number of hydrogen-bond donors (Lipinski definition) is 1. The zero-order chi connectivity index (χ0) is 7.61. The molecule has 0 aromatic heterocycles. The maximum Gasteiger partial charge on any atom is 0.358 e. The lowest BCUT2D eigenvalue weighted by atomic mass is 10.2. The highest BCUT2D eigenvalue weighted by atomic mass is 19.1. The number of nitrogens with one attached hydrogen (secondary N) is 1. The molecule has 4 heteroatoms. The molecule has 1 atom stereocenters. The van der Waals surface area contributed by atoms with Gasteiger partial charge in [0.25, 0.3) is 5.79 Å². The summed E-state index contributed by atoms with van der Waals surface area (Å²) in [6.07, 6.45) is 0.908. The normalized spacial score (nSPS) is 32.2. The molecule has 0 saturated carbocycles. The average Bonchev–Trinajstić information content (AvgIpc) is 2.36. The van der Waals surface area contributed by atoms with Crippen molar-refractivity contribution >= 4 is 5.97 Å². The molecule has 1 N–H and O–H groups in total. The first-order valence-corrected chi connectivity index (χ1v) is 3.21. The summed E-state index contributed by atoms with van der Waals surface area (Å²) in [5.41, 5.74) is 0. The molecular weight excluding hydrogens is 137 g/mol. The van der Waals surface area contributed by atoms with Gasteiger partial charge in [-0.05, 0) is 13.0 Å². The van der Waals surface area contributed by atoms with E-state index in [0.29, 0.717) is 13.0 Å². The minimum atomic E-state index is -1.91. The van der Waals surface area contributed by atoms with E-state index >= 15 is 0 Å². The maximum atomic E-state index is 13.1. The first-order chi connectivity index (χ1) is 4.69. The number of alkyl halides is 1. The molecule has 0 aromatic rings. The largest absolute Gasteiger partial charge is 0.466 e. The van der Waals surface area contributed by atoms with E-state index in [-0.39, 0.29) is 6.42 Å². The molecule has 1 fully saturated rings. The molecule has 0 bridgehead atoms. The third-order valence-electron chi connectivity index (χ3n) is 1.61. The van der Waals surface area contributed by atoms with Crippen molar-refractivity contribution in [3.63, 3.8) is 0 Å². The van der Waals surface area contributed by atoms with Gasteiger partial charge in [-0.25, -0.2) is 9.18 Å². The van der Waals surface area contributed by atoms with Gasteiger partial charge in [0.15, 0.2) is 0 Å². The van der Waals surface area contributed by atoms with Crippen LogP contribution >= 0.6 is 0 Å². The van der Waals surface area contributed by atoms with Crippen LogP contribution in [0, 0.1) is 0 Å². The van der Waals surface area contributed by atoms with Crippen LogP contribution in [0.2, 0.25) is 0 Å². The van der Waals surface area contributed by atoms with Crippen LogP contribution in [0.15, 0.2) is 0 Å². The standard InChI is InChI=1S/C6H10FNO2/c1-10-5(9)6(7)3-2-4-8-6/h8H,2-4H2,1H3/t6-/m0/s1. The Hall–Kier alpha value is -0.640. The van der Waals surface area contributed by atoms with E-state index in [1.165, 1.54) is 7.11 Å². The summed E-state index contributed by atoms with van der Waals surface area (Å²) in [5.74, 6) is -2.72. The number of esters is 1. The molecule has 1 heterocycles. The summed E-state index contributed by atoms with van der Waals surface area (Å²) in [6, 6.07) is 0. The smallest absolute Gasteiger partial charge is 0.358 e. The van der Waals surface area contributed by atoms with E-state index in [4.69, 9.17) is 0 Å². The quantitative estimate of drug-likeness (QED) is 0.425. The van der Waals surface area contributed by atoms with E-state index in [9.17, 15) is 9.18 Å². The summed E-state index contributed by atoms with van der Waals surface area (Å²) in [4.78, 5) is 10.7. The Morgan fingerprint density at radius 2 is 2.50 bits per heavy atom. The Bertz CT molecular complexity index is 143. The van der Waals surface area contributed by atoms with Crippen molar-refractivity contribution in [1.29, 1.82) is 0 Å². The Kier molecular flexibility index (Phi) is 1.89. The van der Waals surface area contributed by atoms with Gasteiger partial charge in [-0.1, -0.05) is 0 Å². The molecule has 1 aliphatic heterocycles. The SMILES string of the molecule is COC(=O)[C@]1(F)CCCN1. The summed E-state index contributed by atoms with van der Waals surface area (Å²) in [5, 5.41) is 2.44. The lowest BCUT2D eigenvalue weighted by Crippen LogP contribution is -2.43. The zero-order valence-electron chi connectivity index (χ0n) is 5.82. The van der Waals surface area contributed by atoms with Gasteiger partial charge < -0.3 is 4.74 Å². The fourth-order valence-corrected chi connectivity index (χ4v) is 1.04. The van der Waals surface area contributed by atoms with Gasteiger partial charge >= 0.3 is 5.97 Å². The van der Waals surface area contributed by atoms with Gasteiger partial charge in [-0.3, -0.25) is 5.32 Å². The van der Waals surface area contributed by atoms with Crippen molar-refractivity contribution in [3.8, 4) is 0 Å². The first-order valence-electron chi connectivity index (χ1n) is 3.21. The maximum absolute atomic E-state index is 13.1. The highest BCUT2D eigenvalue weighted by molar-refractivity contribution is 5.79. The van der Waals surface area contributed by atoms with Crippen LogP contribution in [-0.4, -0.2) is 25.4 Å². The number of carbonyl (C=O) groups excluding carboxylic acids is 1. The van der Waals surface area contributed by atoms with Crippen LogP contribution in [0.4, 0.5) is 4.39 Å². The number of halogens is 1. The lowest BCUT2D eigenvalue weighted by molar-refractivity contribution is -0.155. The highest BCUT2D eigenvalue weighted by Crippen LogP contribution is 2.21. The van der Waals surface area contributed by atoms with Gasteiger partial charge in [-0.15, -0.1) is 0 Å². The predicted octanol–water partition coefficient (Wildman–Crippen LogP) is 0.209. The van der Waals surface area contributed by atoms with Gasteiger partial charge in [0.1, 0.15) is 0 Å². The molecular formula is C6H10FNO2. The molecule has 3 nitrogen and oxygen atoms in total. The number of hydrogen-bond acceptors (Lipinski definition) is 3. The molecule has 1 saturated heterocycles. The molecule has 0 unspecified atom stereocenters. The summed E-state index contributed by atoms with van der Waals surface area (Å²) in [7, 11) is 1.18. The van der Waals surface area contributed by atoms with E-state index in [2.05, 4.69) is 10.1 Å². The van der Waals surface area contributed by atoms with Gasteiger partial charge in [0, 0.05) is 6.42 Å². The van der Waals surface area contributed by atoms with E-state index in [0.717, 1.165) is 0 Å². The van der Waals surface area contributed by atoms with E-state index in [1.807, 2.05) is 0 Å². The molecule has 58 valence electrons. The van der Waals surface area contributed by atoms with E-state index in [1.54, 1.807) is 0 Å². The fourth-order valence-electron chi connectivity index (χ4n) is 1.04. The minimum Gasteiger partial charge on any atom is -0.466 e. The second-order valence-electron chi connectivity index (χ2n) is 2.32. The van der Waals surface area contributed by atoms with Crippen LogP contribution in [0.1, 0.15) is 12.8 Å². The summed E-state index contributed by atoms with van der Waals surface area (Å²) in [6.45, 7) is 0.547. The van der Waals surface area contributed by atoms with E-state index < -0.39 is 11.8 Å². The van der Waals surface area contributed by atoms with Gasteiger partial charge in [0.2, 0.25) is 0 Å². The lowest BCUT2D eigenvalue weighted by Gasteiger charge is -2.15. The van der Waals surface area contributed by atoms with Crippen LogP contribution in [-0.2, 0) is 9.53 Å². The molecule has 0 aliphatic carbocycles. The van der Waals surface area contributed by atoms with Gasteiger partial charge in [0.05, 0.1) is 7.11 Å². The molecule has 10 heavy (non-hydrogen) atoms. The predicted molar refractivity (Wildman–Crippen MR) is 33.1 cm³/mol. The van der Waals surface area contributed by atoms with Gasteiger partial charge in [-0.2, -0.15) is 0 Å². The molecule has 0 aromatic carbocycles. The second-order valence-corrected chi connectivity index (χ2v) is 2.32. The van der Waals surface area contributed by atoms with Crippen LogP contribution in [0.25, 0.3) is 0 Å². The molecule has 0 spiro atoms. The van der Waals surface area contributed by atoms with Crippen molar-refractivity contribution in [2.45, 2.75) is 18.6 Å². The van der Waals surface area contributed by atoms with Crippen molar-refractivity contribution in [2.24, 2.45) is 0 Å². The molecule has 0 amide bonds. The number of methoxy groups -OCH3 is 1. The first kappa shape index (κ1) is 7.47. The number of carbonyl (C=O) groups is 1. The summed E-state index contributed by atoms with van der Waals surface area (Å²) < 4.78 is 17.4. The Morgan fingerprint density at radius 1 is 1.80 bits per heavy atom. The monoisotopic (exact) mass is 147 g/mol. The minimum absolute atomic E-state index is 0.222. The Labute approximate surface area is 58.5 Å². The molecule has 1 rings (SSSR count). The Morgan fingerprint density at radius 3 is 2.90 bits per heavy atom. The van der Waals surface area contributed by atoms with Crippen LogP contribution in [0.5, 0.6) is 0 Å². The zero-order valence-corrected chi connectivity index (χ0v) is 5.82. The highest BCUT2D eigenvalue weighted by Gasteiger charge is 2.42. The Balaban J connectivity index is 2.58. The fraction of sp³-hybridized carbons (Fsp3) is 0.833. The molecule has 1 aliphatic rings. The van der Waals surface area contributed by atoms with Crippen LogP contribution in [0.3, 0.4) is 0 Å². The molecule has 0 radical (unpaired) electrons. The van der Waals surface area contributed by atoms with Crippen molar-refractivity contribution in [1.82, 2.24) is 5.32 Å². The second kappa shape index (κ2) is 2.54. The van der Waals surface area contributed by atoms with Crippen molar-refractivity contribution < 1.29 is 13.9 Å². The number of ether oxygens (including phenoxy) is 1. The van der Waals surface area contributed by atoms with Crippen LogP contribution < -0.4 is 5.32 Å². The summed E-state index contributed by atoms with van der Waals surface area (Å²) >= 11 is 0. The third-order valence-corrected chi connectivity index (χ3v) is 1.61. The topological polar surface area (TPSA) is 38.3 Å².